The van der Waals surface area contributed by atoms with Gasteiger partial charge in [-0.1, -0.05) is 35.9 Å². The van der Waals surface area contributed by atoms with Gasteiger partial charge in [-0.15, -0.1) is 0 Å². The van der Waals surface area contributed by atoms with Crippen LogP contribution in [0.2, 0.25) is 0 Å². The number of benzene rings is 1. The van der Waals surface area contributed by atoms with Gasteiger partial charge in [-0.25, -0.2) is 0 Å². The molecule has 2 rings (SSSR count). The molecule has 0 amide bonds. The first kappa shape index (κ1) is 11.1. The molecule has 0 aromatic heterocycles. The lowest BCUT2D eigenvalue weighted by molar-refractivity contribution is 0.0903. The van der Waals surface area contributed by atoms with Gasteiger partial charge in [0.2, 0.25) is 0 Å². The number of ketones is 1. The van der Waals surface area contributed by atoms with Crippen LogP contribution in [0.5, 0.6) is 0 Å². The van der Waals surface area contributed by atoms with E-state index in [0.29, 0.717) is 5.78 Å². The molecule has 0 unspecified atom stereocenters. The zero-order chi connectivity index (χ0) is 11.5. The van der Waals surface area contributed by atoms with E-state index in [4.69, 9.17) is 0 Å². The predicted octanol–water partition coefficient (Wildman–Crippen LogP) is 3.79. The first-order chi connectivity index (χ1) is 7.68. The van der Waals surface area contributed by atoms with Crippen LogP contribution in [0.3, 0.4) is 0 Å². The molecule has 16 heavy (non-hydrogen) atoms. The lowest BCUT2D eigenvalue weighted by Crippen LogP contribution is -2.22. The van der Waals surface area contributed by atoms with Gasteiger partial charge in [0.1, 0.15) is 0 Å². The number of carbonyl (C=O) groups is 1. The van der Waals surface area contributed by atoms with Crippen LogP contribution >= 0.6 is 0 Å². The summed E-state index contributed by atoms with van der Waals surface area (Å²) >= 11 is 0. The molecule has 1 aromatic rings. The second-order valence-corrected chi connectivity index (χ2v) is 4.77. The second-order valence-electron chi connectivity index (χ2n) is 4.77. The Morgan fingerprint density at radius 3 is 2.88 bits per heavy atom. The van der Waals surface area contributed by atoms with Crippen LogP contribution in [0.25, 0.3) is 0 Å². The van der Waals surface area contributed by atoms with Gasteiger partial charge >= 0.3 is 0 Å². The van der Waals surface area contributed by atoms with Gasteiger partial charge in [0.25, 0.3) is 0 Å². The lowest BCUT2D eigenvalue weighted by Gasteiger charge is -2.22. The summed E-state index contributed by atoms with van der Waals surface area (Å²) in [6.45, 7) is 4.17. The first-order valence-electron chi connectivity index (χ1n) is 5.94. The van der Waals surface area contributed by atoms with Crippen molar-refractivity contribution in [2.45, 2.75) is 33.1 Å². The van der Waals surface area contributed by atoms with Crippen molar-refractivity contribution < 1.29 is 4.79 Å². The van der Waals surface area contributed by atoms with Gasteiger partial charge in [0, 0.05) is 11.5 Å². The van der Waals surface area contributed by atoms with Crippen molar-refractivity contribution in [3.63, 3.8) is 0 Å². The topological polar surface area (TPSA) is 17.1 Å². The van der Waals surface area contributed by atoms with E-state index in [1.807, 2.05) is 18.2 Å². The number of rotatable bonds is 2. The van der Waals surface area contributed by atoms with Crippen molar-refractivity contribution in [1.29, 1.82) is 0 Å². The number of fused-ring (bicyclic) bond motifs is 1. The van der Waals surface area contributed by atoms with E-state index >= 15 is 0 Å². The third kappa shape index (κ3) is 2.24. The highest BCUT2D eigenvalue weighted by atomic mass is 16.1. The Kier molecular flexibility index (Phi) is 3.23. The molecule has 1 atom stereocenters. The molecule has 0 fully saturated rings. The van der Waals surface area contributed by atoms with Crippen LogP contribution in [-0.4, -0.2) is 5.78 Å². The number of allylic oxidation sites excluding steroid dienone is 2. The zero-order valence-corrected chi connectivity index (χ0v) is 9.99. The quantitative estimate of drug-likeness (QED) is 0.684. The van der Waals surface area contributed by atoms with Gasteiger partial charge in [-0.3, -0.25) is 4.79 Å². The average Bonchev–Trinajstić information content (AvgIpc) is 2.28. The second kappa shape index (κ2) is 4.65. The molecular weight excluding hydrogens is 196 g/mol. The molecule has 0 aliphatic heterocycles. The van der Waals surface area contributed by atoms with Crippen LogP contribution in [0.15, 0.2) is 35.9 Å². The fourth-order valence-corrected chi connectivity index (χ4v) is 2.26. The smallest absolute Gasteiger partial charge is 0.166 e. The van der Waals surface area contributed by atoms with Crippen molar-refractivity contribution in [2.75, 3.05) is 0 Å². The zero-order valence-electron chi connectivity index (χ0n) is 9.99. The molecule has 0 heterocycles. The van der Waals surface area contributed by atoms with Crippen LogP contribution in [0.4, 0.5) is 0 Å². The maximum absolute atomic E-state index is 12.2. The summed E-state index contributed by atoms with van der Waals surface area (Å²) in [7, 11) is 0. The number of aryl methyl sites for hydroxylation is 1. The highest BCUT2D eigenvalue weighted by Crippen LogP contribution is 2.27. The molecule has 1 nitrogen and oxygen atoms in total. The Balaban J connectivity index is 2.18. The molecular formula is C15H18O. The summed E-state index contributed by atoms with van der Waals surface area (Å²) in [5.74, 6) is 0.532. The minimum Gasteiger partial charge on any atom is -0.294 e. The van der Waals surface area contributed by atoms with E-state index in [2.05, 4.69) is 26.0 Å². The molecule has 1 aromatic carbocycles. The summed E-state index contributed by atoms with van der Waals surface area (Å²) in [6.07, 6.45) is 5.12. The van der Waals surface area contributed by atoms with Gasteiger partial charge in [-0.05, 0) is 38.7 Å². The monoisotopic (exact) mass is 214 g/mol. The number of hydrogen-bond donors (Lipinski definition) is 0. The number of Topliss-reactive ketones (excluding diaryl/α,β-unsaturated/α-hetero) is 1. The Bertz CT molecular complexity index is 425. The Morgan fingerprint density at radius 2 is 2.12 bits per heavy atom. The fourth-order valence-electron chi connectivity index (χ4n) is 2.26. The Labute approximate surface area is 97.2 Å². The summed E-state index contributed by atoms with van der Waals surface area (Å²) in [5, 5.41) is 0. The Hall–Kier alpha value is -1.37. The maximum atomic E-state index is 12.2. The minimum absolute atomic E-state index is 0.199. The third-order valence-electron chi connectivity index (χ3n) is 3.23. The third-order valence-corrected chi connectivity index (χ3v) is 3.23. The maximum Gasteiger partial charge on any atom is 0.166 e. The van der Waals surface area contributed by atoms with Gasteiger partial charge in [-0.2, -0.15) is 0 Å². The average molecular weight is 214 g/mol. The molecule has 0 radical (unpaired) electrons. The molecule has 0 N–H and O–H groups in total. The van der Waals surface area contributed by atoms with Crippen LogP contribution in [0, 0.1) is 5.92 Å². The van der Waals surface area contributed by atoms with Crippen LogP contribution < -0.4 is 0 Å². The molecule has 0 spiro atoms. The summed E-state index contributed by atoms with van der Waals surface area (Å²) in [6, 6.07) is 8.01. The van der Waals surface area contributed by atoms with Crippen LogP contribution in [0.1, 0.15) is 42.6 Å². The van der Waals surface area contributed by atoms with E-state index in [9.17, 15) is 4.79 Å². The van der Waals surface area contributed by atoms with Gasteiger partial charge in [0.05, 0.1) is 0 Å². The first-order valence-corrected chi connectivity index (χ1v) is 5.94. The molecule has 0 saturated carbocycles. The normalized spacial score (nSPS) is 19.1. The Morgan fingerprint density at radius 1 is 1.38 bits per heavy atom. The standard InChI is InChI=1S/C15H18O/c1-11(2)7-8-13-10-9-12-5-3-4-6-14(12)15(13)16/h3-7,13H,8-10H2,1-2H3/t13-/m0/s1. The van der Waals surface area contributed by atoms with E-state index < -0.39 is 0 Å². The van der Waals surface area contributed by atoms with E-state index in [0.717, 1.165) is 24.8 Å². The fraction of sp³-hybridized carbons (Fsp3) is 0.400. The van der Waals surface area contributed by atoms with Crippen molar-refractivity contribution >= 4 is 5.78 Å². The van der Waals surface area contributed by atoms with Crippen molar-refractivity contribution in [3.05, 3.63) is 47.0 Å². The highest BCUT2D eigenvalue weighted by molar-refractivity contribution is 6.00. The van der Waals surface area contributed by atoms with E-state index in [1.54, 1.807) is 0 Å². The molecule has 1 heteroatoms. The largest absolute Gasteiger partial charge is 0.294 e. The van der Waals surface area contributed by atoms with E-state index in [-0.39, 0.29) is 5.92 Å². The minimum atomic E-state index is 0.199. The van der Waals surface area contributed by atoms with Gasteiger partial charge in [0.15, 0.2) is 5.78 Å². The highest BCUT2D eigenvalue weighted by Gasteiger charge is 2.25. The number of hydrogen-bond acceptors (Lipinski definition) is 1. The molecule has 1 aliphatic rings. The molecule has 0 bridgehead atoms. The predicted molar refractivity (Wildman–Crippen MR) is 66.6 cm³/mol. The number of carbonyl (C=O) groups excluding carboxylic acids is 1. The van der Waals surface area contributed by atoms with Crippen molar-refractivity contribution in [2.24, 2.45) is 5.92 Å². The molecule has 1 aliphatic carbocycles. The van der Waals surface area contributed by atoms with Crippen molar-refractivity contribution in [1.82, 2.24) is 0 Å². The lowest BCUT2D eigenvalue weighted by atomic mass is 9.81. The summed E-state index contributed by atoms with van der Waals surface area (Å²) < 4.78 is 0. The van der Waals surface area contributed by atoms with Crippen LogP contribution in [-0.2, 0) is 6.42 Å². The summed E-state index contributed by atoms with van der Waals surface area (Å²) in [5.41, 5.74) is 3.47. The van der Waals surface area contributed by atoms with Crippen molar-refractivity contribution in [3.8, 4) is 0 Å². The summed E-state index contributed by atoms with van der Waals surface area (Å²) in [4.78, 5) is 12.2. The van der Waals surface area contributed by atoms with E-state index in [1.165, 1.54) is 11.1 Å². The molecule has 84 valence electrons. The van der Waals surface area contributed by atoms with Gasteiger partial charge < -0.3 is 0 Å². The molecule has 0 saturated heterocycles. The SMILES string of the molecule is CC(C)=CC[C@H]1CCc2ccccc2C1=O.